The number of aliphatic imine (C=N–C) groups is 2. The Morgan fingerprint density at radius 2 is 1.18 bits per heavy atom. The predicted octanol–water partition coefficient (Wildman–Crippen LogP) is 0.672. The summed E-state index contributed by atoms with van der Waals surface area (Å²) in [5, 5.41) is 0. The first-order valence-electron chi connectivity index (χ1n) is 6.20. The first kappa shape index (κ1) is 17.0. The largest absolute Gasteiger partial charge is 0.460 e. The summed E-state index contributed by atoms with van der Waals surface area (Å²) in [6, 6.07) is 5.63. The van der Waals surface area contributed by atoms with Crippen molar-refractivity contribution >= 4 is 24.1 Å². The molecule has 0 saturated heterocycles. The van der Waals surface area contributed by atoms with E-state index in [1.165, 1.54) is 36.4 Å². The number of ether oxygens (including phenoxy) is 2. The number of carbonyl (C=O) groups excluding carboxylic acids is 4. The molecule has 0 aliphatic heterocycles. The van der Waals surface area contributed by atoms with Crippen molar-refractivity contribution in [3.8, 4) is 0 Å². The molecule has 0 fully saturated rings. The maximum absolute atomic E-state index is 11.6. The average Bonchev–Trinajstić information content (AvgIpc) is 2.55. The Labute approximate surface area is 125 Å². The molecule has 0 heterocycles. The van der Waals surface area contributed by atoms with Crippen LogP contribution < -0.4 is 0 Å². The topological polar surface area (TPSA) is 111 Å². The molecule has 0 amide bonds. The van der Waals surface area contributed by atoms with Crippen LogP contribution >= 0.6 is 0 Å². The van der Waals surface area contributed by atoms with Gasteiger partial charge in [0.1, 0.15) is 13.2 Å². The highest BCUT2D eigenvalue weighted by atomic mass is 16.5. The van der Waals surface area contributed by atoms with Crippen LogP contribution in [0, 0.1) is 0 Å². The predicted molar refractivity (Wildman–Crippen MR) is 73.0 cm³/mol. The number of hydrogen-bond donors (Lipinski definition) is 0. The van der Waals surface area contributed by atoms with Crippen molar-refractivity contribution in [2.45, 2.75) is 0 Å². The van der Waals surface area contributed by atoms with Crippen molar-refractivity contribution in [3.63, 3.8) is 0 Å². The van der Waals surface area contributed by atoms with Crippen LogP contribution in [0.2, 0.25) is 0 Å². The molecule has 0 bridgehead atoms. The molecule has 114 valence electrons. The van der Waals surface area contributed by atoms with Crippen LogP contribution in [0.5, 0.6) is 0 Å². The third kappa shape index (κ3) is 5.92. The van der Waals surface area contributed by atoms with Gasteiger partial charge in [0.05, 0.1) is 24.2 Å². The van der Waals surface area contributed by atoms with Gasteiger partial charge in [-0.25, -0.2) is 29.2 Å². The number of nitrogens with zero attached hydrogens (tertiary/aromatic N) is 2. The maximum Gasteiger partial charge on any atom is 0.338 e. The van der Waals surface area contributed by atoms with E-state index in [0.717, 1.165) is 0 Å². The quantitative estimate of drug-likeness (QED) is 0.302. The second-order valence-electron chi connectivity index (χ2n) is 3.80. The van der Waals surface area contributed by atoms with Gasteiger partial charge in [-0.2, -0.15) is 0 Å². The number of esters is 2. The Balaban J connectivity index is 2.50. The fraction of sp³-hybridized carbons (Fsp3) is 0.286. The highest BCUT2D eigenvalue weighted by molar-refractivity contribution is 5.93. The standard InChI is InChI=1S/C14H12N2O6/c17-9-15-5-7-21-13(19)11-1-2-12(4-3-11)14(20)22-8-6-16-10-18/h1-4H,5-8H2. The van der Waals surface area contributed by atoms with Crippen LogP contribution in [0.3, 0.4) is 0 Å². The van der Waals surface area contributed by atoms with Gasteiger partial charge >= 0.3 is 11.9 Å². The Morgan fingerprint density at radius 1 is 0.818 bits per heavy atom. The van der Waals surface area contributed by atoms with E-state index in [0.29, 0.717) is 0 Å². The molecule has 0 spiro atoms. The first-order chi connectivity index (χ1) is 10.7. The average molecular weight is 304 g/mol. The summed E-state index contributed by atoms with van der Waals surface area (Å²) in [4.78, 5) is 49.4. The van der Waals surface area contributed by atoms with Gasteiger partial charge in [0.15, 0.2) is 0 Å². The second kappa shape index (κ2) is 9.77. The van der Waals surface area contributed by atoms with E-state index in [-0.39, 0.29) is 37.4 Å². The lowest BCUT2D eigenvalue weighted by atomic mass is 10.1. The van der Waals surface area contributed by atoms with Gasteiger partial charge in [-0.1, -0.05) is 0 Å². The van der Waals surface area contributed by atoms with Crippen LogP contribution in [0.25, 0.3) is 0 Å². The van der Waals surface area contributed by atoms with Crippen molar-refractivity contribution in [2.75, 3.05) is 26.3 Å². The van der Waals surface area contributed by atoms with Gasteiger partial charge in [-0.3, -0.25) is 0 Å². The zero-order valence-corrected chi connectivity index (χ0v) is 11.5. The summed E-state index contributed by atoms with van der Waals surface area (Å²) in [7, 11) is 0. The molecule has 0 radical (unpaired) electrons. The van der Waals surface area contributed by atoms with Gasteiger partial charge in [-0.15, -0.1) is 0 Å². The zero-order valence-electron chi connectivity index (χ0n) is 11.5. The van der Waals surface area contributed by atoms with Crippen molar-refractivity contribution in [3.05, 3.63) is 35.4 Å². The minimum absolute atomic E-state index is 0.0326. The fourth-order valence-corrected chi connectivity index (χ4v) is 1.37. The van der Waals surface area contributed by atoms with Crippen molar-refractivity contribution in [1.29, 1.82) is 0 Å². The molecule has 0 atom stereocenters. The number of carbonyl (C=O) groups is 2. The van der Waals surface area contributed by atoms with Crippen molar-refractivity contribution in [1.82, 2.24) is 0 Å². The summed E-state index contributed by atoms with van der Waals surface area (Å²) in [5.41, 5.74) is 0.495. The van der Waals surface area contributed by atoms with E-state index in [9.17, 15) is 19.2 Å². The molecule has 1 aromatic rings. The second-order valence-corrected chi connectivity index (χ2v) is 3.80. The van der Waals surface area contributed by atoms with E-state index in [2.05, 4.69) is 9.98 Å². The number of benzene rings is 1. The molecular formula is C14H12N2O6. The molecule has 22 heavy (non-hydrogen) atoms. The van der Waals surface area contributed by atoms with E-state index in [1.807, 2.05) is 0 Å². The van der Waals surface area contributed by atoms with Crippen molar-refractivity contribution < 1.29 is 28.7 Å². The summed E-state index contributed by atoms with van der Waals surface area (Å²) in [6.07, 6.45) is 2.66. The lowest BCUT2D eigenvalue weighted by molar-refractivity contribution is 0.0503. The minimum atomic E-state index is -0.596. The lowest BCUT2D eigenvalue weighted by Crippen LogP contribution is -2.10. The molecule has 0 aromatic heterocycles. The number of isocyanates is 2. The molecule has 0 N–H and O–H groups in total. The number of rotatable bonds is 8. The summed E-state index contributed by atoms with van der Waals surface area (Å²) in [5.74, 6) is -1.19. The lowest BCUT2D eigenvalue weighted by Gasteiger charge is -2.05. The molecule has 8 nitrogen and oxygen atoms in total. The molecule has 0 unspecified atom stereocenters. The monoisotopic (exact) mass is 304 g/mol. The highest BCUT2D eigenvalue weighted by Crippen LogP contribution is 2.07. The first-order valence-corrected chi connectivity index (χ1v) is 6.20. The molecule has 0 aliphatic rings. The van der Waals surface area contributed by atoms with Crippen LogP contribution in [-0.2, 0) is 19.1 Å². The van der Waals surface area contributed by atoms with Crippen LogP contribution in [0.15, 0.2) is 34.3 Å². The van der Waals surface area contributed by atoms with Gasteiger partial charge in [-0.05, 0) is 24.3 Å². The van der Waals surface area contributed by atoms with Gasteiger partial charge in [0.2, 0.25) is 12.2 Å². The van der Waals surface area contributed by atoms with Gasteiger partial charge in [0.25, 0.3) is 0 Å². The summed E-state index contributed by atoms with van der Waals surface area (Å²) < 4.78 is 9.69. The molecule has 1 aromatic carbocycles. The maximum atomic E-state index is 11.6. The molecule has 8 heteroatoms. The molecule has 0 saturated carbocycles. The fourth-order valence-electron chi connectivity index (χ4n) is 1.37. The Bertz CT molecular complexity index is 558. The van der Waals surface area contributed by atoms with Crippen LogP contribution in [0.1, 0.15) is 20.7 Å². The normalized spacial score (nSPS) is 9.09. The minimum Gasteiger partial charge on any atom is -0.460 e. The third-order valence-electron chi connectivity index (χ3n) is 2.36. The SMILES string of the molecule is O=C=NCCOC(=O)c1ccc(C(=O)OCCN=C=O)cc1. The van der Waals surface area contributed by atoms with E-state index >= 15 is 0 Å². The van der Waals surface area contributed by atoms with Crippen LogP contribution in [-0.4, -0.2) is 50.4 Å². The van der Waals surface area contributed by atoms with E-state index < -0.39 is 11.9 Å². The van der Waals surface area contributed by atoms with Crippen LogP contribution in [0.4, 0.5) is 0 Å². The summed E-state index contributed by atoms with van der Waals surface area (Å²) in [6.45, 7) is 0.0239. The van der Waals surface area contributed by atoms with Gasteiger partial charge in [0, 0.05) is 0 Å². The Kier molecular flexibility index (Phi) is 7.53. The third-order valence-corrected chi connectivity index (χ3v) is 2.36. The van der Waals surface area contributed by atoms with Crippen molar-refractivity contribution in [2.24, 2.45) is 9.98 Å². The molecule has 1 rings (SSSR count). The summed E-state index contributed by atoms with van der Waals surface area (Å²) >= 11 is 0. The van der Waals surface area contributed by atoms with E-state index in [4.69, 9.17) is 9.47 Å². The van der Waals surface area contributed by atoms with E-state index in [1.54, 1.807) is 0 Å². The smallest absolute Gasteiger partial charge is 0.338 e. The zero-order chi connectivity index (χ0) is 16.2. The molecule has 0 aliphatic carbocycles. The highest BCUT2D eigenvalue weighted by Gasteiger charge is 2.10. The number of hydrogen-bond acceptors (Lipinski definition) is 8. The molecular weight excluding hydrogens is 292 g/mol. The Hall–Kier alpha value is -3.08. The Morgan fingerprint density at radius 3 is 1.50 bits per heavy atom. The van der Waals surface area contributed by atoms with Gasteiger partial charge < -0.3 is 9.47 Å².